The number of methoxy groups -OCH3 is 2. The van der Waals surface area contributed by atoms with Gasteiger partial charge >= 0.3 is 0 Å². The van der Waals surface area contributed by atoms with Crippen LogP contribution in [0.5, 0.6) is 11.5 Å². The molecule has 0 aliphatic heterocycles. The van der Waals surface area contributed by atoms with Crippen molar-refractivity contribution in [2.24, 2.45) is 0 Å². The molecule has 0 amide bonds. The van der Waals surface area contributed by atoms with Gasteiger partial charge in [-0.05, 0) is 30.7 Å². The van der Waals surface area contributed by atoms with Gasteiger partial charge in [-0.3, -0.25) is 0 Å². The number of hydrogen-bond donors (Lipinski definition) is 1. The Morgan fingerprint density at radius 1 is 1.17 bits per heavy atom. The van der Waals surface area contributed by atoms with Crippen molar-refractivity contribution in [1.82, 2.24) is 0 Å². The van der Waals surface area contributed by atoms with Gasteiger partial charge in [-0.15, -0.1) is 0 Å². The first-order chi connectivity index (χ1) is 8.74. The molecule has 0 bridgehead atoms. The van der Waals surface area contributed by atoms with E-state index < -0.39 is 0 Å². The minimum absolute atomic E-state index is 0.642. The van der Waals surface area contributed by atoms with Crippen molar-refractivity contribution in [2.45, 2.75) is 13.5 Å². The van der Waals surface area contributed by atoms with Gasteiger partial charge in [0.1, 0.15) is 5.76 Å². The second kappa shape index (κ2) is 5.49. The molecule has 0 radical (unpaired) electrons. The highest BCUT2D eigenvalue weighted by Crippen LogP contribution is 2.33. The van der Waals surface area contributed by atoms with E-state index >= 15 is 0 Å². The molecule has 0 aliphatic carbocycles. The number of furan rings is 1. The molecule has 0 atom stereocenters. The highest BCUT2D eigenvalue weighted by Gasteiger charge is 2.08. The van der Waals surface area contributed by atoms with Crippen LogP contribution in [-0.4, -0.2) is 14.2 Å². The van der Waals surface area contributed by atoms with Crippen LogP contribution in [-0.2, 0) is 6.54 Å². The van der Waals surface area contributed by atoms with Gasteiger partial charge in [-0.25, -0.2) is 0 Å². The van der Waals surface area contributed by atoms with Gasteiger partial charge < -0.3 is 19.2 Å². The Morgan fingerprint density at radius 2 is 1.89 bits per heavy atom. The van der Waals surface area contributed by atoms with E-state index in [2.05, 4.69) is 5.32 Å². The minimum atomic E-state index is 0.642. The van der Waals surface area contributed by atoms with Gasteiger partial charge in [0, 0.05) is 11.8 Å². The average Bonchev–Trinajstić information content (AvgIpc) is 2.90. The lowest BCUT2D eigenvalue weighted by molar-refractivity contribution is 0.355. The fraction of sp³-hybridized carbons (Fsp3) is 0.286. The van der Waals surface area contributed by atoms with Gasteiger partial charge in [-0.2, -0.15) is 0 Å². The molecule has 1 heterocycles. The van der Waals surface area contributed by atoms with E-state index in [1.165, 1.54) is 0 Å². The van der Waals surface area contributed by atoms with Crippen molar-refractivity contribution in [1.29, 1.82) is 0 Å². The number of nitrogens with one attached hydrogen (secondary N) is 1. The zero-order valence-corrected chi connectivity index (χ0v) is 10.8. The van der Waals surface area contributed by atoms with E-state index in [0.717, 1.165) is 22.8 Å². The molecule has 2 aromatic rings. The van der Waals surface area contributed by atoms with Crippen molar-refractivity contribution in [3.8, 4) is 11.5 Å². The molecule has 2 rings (SSSR count). The monoisotopic (exact) mass is 247 g/mol. The molecule has 0 aliphatic rings. The highest BCUT2D eigenvalue weighted by molar-refractivity contribution is 5.60. The van der Waals surface area contributed by atoms with Crippen molar-refractivity contribution < 1.29 is 13.9 Å². The Balaban J connectivity index is 2.17. The van der Waals surface area contributed by atoms with Crippen LogP contribution in [0.2, 0.25) is 0 Å². The number of aryl methyl sites for hydroxylation is 1. The van der Waals surface area contributed by atoms with Gasteiger partial charge in [0.25, 0.3) is 0 Å². The predicted molar refractivity (Wildman–Crippen MR) is 70.3 cm³/mol. The molecule has 0 unspecified atom stereocenters. The quantitative estimate of drug-likeness (QED) is 0.881. The molecule has 1 aromatic carbocycles. The lowest BCUT2D eigenvalue weighted by Gasteiger charge is -2.13. The Bertz CT molecular complexity index is 506. The molecule has 96 valence electrons. The van der Waals surface area contributed by atoms with E-state index in [1.54, 1.807) is 20.5 Å². The average molecular weight is 247 g/mol. The van der Waals surface area contributed by atoms with Crippen LogP contribution in [0.25, 0.3) is 0 Å². The zero-order chi connectivity index (χ0) is 13.0. The van der Waals surface area contributed by atoms with Crippen LogP contribution in [0, 0.1) is 6.92 Å². The zero-order valence-electron chi connectivity index (χ0n) is 10.8. The molecule has 18 heavy (non-hydrogen) atoms. The summed E-state index contributed by atoms with van der Waals surface area (Å²) in [7, 11) is 3.26. The van der Waals surface area contributed by atoms with E-state index in [-0.39, 0.29) is 0 Å². The summed E-state index contributed by atoms with van der Waals surface area (Å²) in [5, 5.41) is 3.31. The summed E-state index contributed by atoms with van der Waals surface area (Å²) in [6.07, 6.45) is 1.67. The van der Waals surface area contributed by atoms with Crippen LogP contribution in [0.4, 0.5) is 5.69 Å². The van der Waals surface area contributed by atoms with Gasteiger partial charge in [0.2, 0.25) is 0 Å². The predicted octanol–water partition coefficient (Wildman–Crippen LogP) is 3.22. The standard InChI is InChI=1S/C14H17NO3/c1-10-7-13(16-2)14(17-3)8-12(10)15-9-11-5-4-6-18-11/h4-8,15H,9H2,1-3H3. The summed E-state index contributed by atoms with van der Waals surface area (Å²) in [4.78, 5) is 0. The largest absolute Gasteiger partial charge is 0.493 e. The number of hydrogen-bond acceptors (Lipinski definition) is 4. The molecule has 4 heteroatoms. The molecule has 0 spiro atoms. The van der Waals surface area contributed by atoms with Gasteiger partial charge in [-0.1, -0.05) is 0 Å². The van der Waals surface area contributed by atoms with Crippen LogP contribution in [0.3, 0.4) is 0 Å². The van der Waals surface area contributed by atoms with E-state index in [4.69, 9.17) is 13.9 Å². The number of benzene rings is 1. The van der Waals surface area contributed by atoms with Crippen LogP contribution < -0.4 is 14.8 Å². The maximum Gasteiger partial charge on any atom is 0.162 e. The number of ether oxygens (including phenoxy) is 2. The van der Waals surface area contributed by atoms with Crippen LogP contribution in [0.15, 0.2) is 34.9 Å². The van der Waals surface area contributed by atoms with Gasteiger partial charge in [0.05, 0.1) is 27.0 Å². The highest BCUT2D eigenvalue weighted by atomic mass is 16.5. The Labute approximate surface area is 107 Å². The number of rotatable bonds is 5. The molecule has 4 nitrogen and oxygen atoms in total. The molecule has 1 aromatic heterocycles. The maximum atomic E-state index is 5.28. The summed E-state index contributed by atoms with van der Waals surface area (Å²) in [5.74, 6) is 2.34. The van der Waals surface area contributed by atoms with Crippen LogP contribution >= 0.6 is 0 Å². The van der Waals surface area contributed by atoms with Crippen molar-refractivity contribution in [3.63, 3.8) is 0 Å². The lowest BCUT2D eigenvalue weighted by Crippen LogP contribution is -2.01. The Hall–Kier alpha value is -2.10. The fourth-order valence-electron chi connectivity index (χ4n) is 1.77. The number of anilines is 1. The van der Waals surface area contributed by atoms with E-state index in [9.17, 15) is 0 Å². The molecule has 0 saturated carbocycles. The Morgan fingerprint density at radius 3 is 2.50 bits per heavy atom. The van der Waals surface area contributed by atoms with Crippen molar-refractivity contribution in [2.75, 3.05) is 19.5 Å². The maximum absolute atomic E-state index is 5.28. The normalized spacial score (nSPS) is 10.2. The summed E-state index contributed by atoms with van der Waals surface area (Å²) in [6, 6.07) is 7.68. The third-order valence-electron chi connectivity index (χ3n) is 2.76. The molecular weight excluding hydrogens is 230 g/mol. The second-order valence-electron chi connectivity index (χ2n) is 3.96. The lowest BCUT2D eigenvalue weighted by atomic mass is 10.1. The third kappa shape index (κ3) is 2.59. The first-order valence-electron chi connectivity index (χ1n) is 5.73. The van der Waals surface area contributed by atoms with Crippen LogP contribution in [0.1, 0.15) is 11.3 Å². The first kappa shape index (κ1) is 12.4. The molecular formula is C14H17NO3. The summed E-state index contributed by atoms with van der Waals surface area (Å²) in [5.41, 5.74) is 2.10. The SMILES string of the molecule is COc1cc(C)c(NCc2ccco2)cc1OC. The van der Waals surface area contributed by atoms with Gasteiger partial charge in [0.15, 0.2) is 11.5 Å². The van der Waals surface area contributed by atoms with Crippen molar-refractivity contribution >= 4 is 5.69 Å². The summed E-state index contributed by atoms with van der Waals surface area (Å²) >= 11 is 0. The van der Waals surface area contributed by atoms with E-state index in [1.807, 2.05) is 31.2 Å². The minimum Gasteiger partial charge on any atom is -0.493 e. The second-order valence-corrected chi connectivity index (χ2v) is 3.96. The topological polar surface area (TPSA) is 43.6 Å². The smallest absolute Gasteiger partial charge is 0.162 e. The fourth-order valence-corrected chi connectivity index (χ4v) is 1.77. The van der Waals surface area contributed by atoms with E-state index in [0.29, 0.717) is 12.3 Å². The summed E-state index contributed by atoms with van der Waals surface area (Å²) in [6.45, 7) is 2.66. The molecule has 0 fully saturated rings. The molecule has 1 N–H and O–H groups in total. The third-order valence-corrected chi connectivity index (χ3v) is 2.76. The first-order valence-corrected chi connectivity index (χ1v) is 5.73. The summed E-state index contributed by atoms with van der Waals surface area (Å²) < 4.78 is 15.8. The Kier molecular flexibility index (Phi) is 3.77. The van der Waals surface area contributed by atoms with Crippen molar-refractivity contribution in [3.05, 3.63) is 41.9 Å². The molecule has 0 saturated heterocycles.